The molecule has 136 valence electrons. The average Bonchev–Trinajstić information content (AvgIpc) is 3.15. The van der Waals surface area contributed by atoms with Crippen molar-refractivity contribution in [3.05, 3.63) is 65.4 Å². The molecule has 0 saturated carbocycles. The van der Waals surface area contributed by atoms with E-state index in [1.165, 1.54) is 13.1 Å². The van der Waals surface area contributed by atoms with Gasteiger partial charge in [-0.25, -0.2) is 0 Å². The van der Waals surface area contributed by atoms with Crippen LogP contribution in [0.4, 0.5) is 5.69 Å². The summed E-state index contributed by atoms with van der Waals surface area (Å²) in [5, 5.41) is 14.8. The van der Waals surface area contributed by atoms with E-state index in [0.29, 0.717) is 22.7 Å². The quantitative estimate of drug-likeness (QED) is 0.465. The molecule has 2 N–H and O–H groups in total. The van der Waals surface area contributed by atoms with Gasteiger partial charge in [-0.15, -0.1) is 0 Å². The molecule has 0 bridgehead atoms. The van der Waals surface area contributed by atoms with Crippen LogP contribution < -0.4 is 20.1 Å². The van der Waals surface area contributed by atoms with Crippen LogP contribution in [-0.2, 0) is 11.3 Å². The van der Waals surface area contributed by atoms with E-state index in [-0.39, 0.29) is 24.7 Å². The number of amides is 1. The van der Waals surface area contributed by atoms with E-state index < -0.39 is 5.91 Å². The van der Waals surface area contributed by atoms with Gasteiger partial charge in [0.2, 0.25) is 6.79 Å². The van der Waals surface area contributed by atoms with Crippen LogP contribution in [0.25, 0.3) is 0 Å². The van der Waals surface area contributed by atoms with Crippen molar-refractivity contribution in [2.45, 2.75) is 13.5 Å². The zero-order chi connectivity index (χ0) is 19.2. The lowest BCUT2D eigenvalue weighted by Gasteiger charge is -2.07. The minimum atomic E-state index is -0.509. The zero-order valence-corrected chi connectivity index (χ0v) is 14.6. The first-order chi connectivity index (χ1) is 13.1. The number of nitrogens with zero attached hydrogens (tertiary/aromatic N) is 1. The maximum Gasteiger partial charge on any atom is 0.263 e. The molecule has 3 rings (SSSR count). The summed E-state index contributed by atoms with van der Waals surface area (Å²) in [6.45, 7) is 1.90. The highest BCUT2D eigenvalue weighted by Gasteiger charge is 2.14. The minimum absolute atomic E-state index is 0.0652. The minimum Gasteiger partial charge on any atom is -0.454 e. The van der Waals surface area contributed by atoms with Crippen LogP contribution in [0.5, 0.6) is 11.5 Å². The second-order valence-corrected chi connectivity index (χ2v) is 5.82. The van der Waals surface area contributed by atoms with Crippen LogP contribution in [0.15, 0.2) is 54.2 Å². The highest BCUT2D eigenvalue weighted by Crippen LogP contribution is 2.32. The van der Waals surface area contributed by atoms with E-state index in [1.807, 2.05) is 12.1 Å². The Balaban J connectivity index is 1.62. The lowest BCUT2D eigenvalue weighted by molar-refractivity contribution is -0.117. The predicted molar refractivity (Wildman–Crippen MR) is 98.2 cm³/mol. The highest BCUT2D eigenvalue weighted by atomic mass is 16.7. The van der Waals surface area contributed by atoms with Gasteiger partial charge < -0.3 is 20.1 Å². The lowest BCUT2D eigenvalue weighted by Crippen LogP contribution is -2.24. The van der Waals surface area contributed by atoms with Crippen molar-refractivity contribution in [1.82, 2.24) is 5.32 Å². The Bertz CT molecular complexity index is 960. The van der Waals surface area contributed by atoms with Gasteiger partial charge in [0.1, 0.15) is 11.6 Å². The molecule has 0 spiro atoms. The van der Waals surface area contributed by atoms with Gasteiger partial charge in [-0.3, -0.25) is 9.59 Å². The fraction of sp³-hybridized carbons (Fsp3) is 0.150. The van der Waals surface area contributed by atoms with Gasteiger partial charge in [-0.2, -0.15) is 5.26 Å². The summed E-state index contributed by atoms with van der Waals surface area (Å²) in [6.07, 6.45) is 1.31. The molecule has 0 fully saturated rings. The second-order valence-electron chi connectivity index (χ2n) is 5.82. The molecule has 2 aromatic carbocycles. The molecule has 7 heteroatoms. The highest BCUT2D eigenvalue weighted by molar-refractivity contribution is 5.97. The molecule has 0 aromatic heterocycles. The molecule has 1 aliphatic rings. The first-order valence-electron chi connectivity index (χ1n) is 8.21. The molecular formula is C20H17N3O4. The summed E-state index contributed by atoms with van der Waals surface area (Å²) < 4.78 is 10.5. The number of nitrogens with one attached hydrogen (secondary N) is 2. The largest absolute Gasteiger partial charge is 0.454 e. The molecule has 27 heavy (non-hydrogen) atoms. The summed E-state index contributed by atoms with van der Waals surface area (Å²) in [4.78, 5) is 23.6. The van der Waals surface area contributed by atoms with Gasteiger partial charge in [-0.1, -0.05) is 18.2 Å². The van der Waals surface area contributed by atoms with E-state index in [1.54, 1.807) is 36.4 Å². The molecule has 2 aromatic rings. The van der Waals surface area contributed by atoms with Crippen LogP contribution in [0.3, 0.4) is 0 Å². The lowest BCUT2D eigenvalue weighted by atomic mass is 10.1. The van der Waals surface area contributed by atoms with E-state index in [2.05, 4.69) is 10.6 Å². The van der Waals surface area contributed by atoms with Gasteiger partial charge in [0.25, 0.3) is 5.91 Å². The molecule has 7 nitrogen and oxygen atoms in total. The average molecular weight is 363 g/mol. The maximum absolute atomic E-state index is 12.2. The third kappa shape index (κ3) is 4.44. The number of nitriles is 1. The summed E-state index contributed by atoms with van der Waals surface area (Å²) in [5.74, 6) is 0.722. The standard InChI is InChI=1S/C20H17N3O4/c1-13(24)15-3-2-4-17(8-15)22-11-16(9-21)20(25)23-10-14-5-6-18-19(7-14)27-12-26-18/h2-8,11,22H,10,12H2,1H3,(H,23,25)/b16-11-. The predicted octanol–water partition coefficient (Wildman–Crippen LogP) is 2.75. The van der Waals surface area contributed by atoms with Gasteiger partial charge in [0.05, 0.1) is 0 Å². The normalized spacial score (nSPS) is 12.2. The van der Waals surface area contributed by atoms with Gasteiger partial charge in [-0.05, 0) is 36.8 Å². The van der Waals surface area contributed by atoms with Crippen LogP contribution in [0.1, 0.15) is 22.8 Å². The van der Waals surface area contributed by atoms with Crippen molar-refractivity contribution in [1.29, 1.82) is 5.26 Å². The van der Waals surface area contributed by atoms with Crippen LogP contribution in [-0.4, -0.2) is 18.5 Å². The second kappa shape index (κ2) is 8.06. The Kier molecular flexibility index (Phi) is 5.38. The number of hydrogen-bond acceptors (Lipinski definition) is 6. The Morgan fingerprint density at radius 2 is 2.00 bits per heavy atom. The van der Waals surface area contributed by atoms with Crippen molar-refractivity contribution >= 4 is 17.4 Å². The number of ketones is 1. The summed E-state index contributed by atoms with van der Waals surface area (Å²) >= 11 is 0. The van der Waals surface area contributed by atoms with Gasteiger partial charge in [0, 0.05) is 24.0 Å². The smallest absolute Gasteiger partial charge is 0.263 e. The molecular weight excluding hydrogens is 346 g/mol. The molecule has 0 aliphatic carbocycles. The molecule has 1 amide bonds. The topological polar surface area (TPSA) is 100 Å². The van der Waals surface area contributed by atoms with Crippen LogP contribution in [0.2, 0.25) is 0 Å². The molecule has 0 saturated heterocycles. The van der Waals surface area contributed by atoms with Crippen LogP contribution in [0, 0.1) is 11.3 Å². The molecule has 1 aliphatic heterocycles. The Labute approximate surface area is 156 Å². The maximum atomic E-state index is 12.2. The number of fused-ring (bicyclic) bond motifs is 1. The number of carbonyl (C=O) groups is 2. The number of rotatable bonds is 6. The number of anilines is 1. The first-order valence-corrected chi connectivity index (χ1v) is 8.21. The monoisotopic (exact) mass is 363 g/mol. The number of hydrogen-bond donors (Lipinski definition) is 2. The summed E-state index contributed by atoms with van der Waals surface area (Å²) in [7, 11) is 0. The summed E-state index contributed by atoms with van der Waals surface area (Å²) in [5.41, 5.74) is 1.90. The number of Topliss-reactive ketones (excluding diaryl/α,β-unsaturated/α-hetero) is 1. The first kappa shape index (κ1) is 18.0. The van der Waals surface area contributed by atoms with E-state index in [4.69, 9.17) is 9.47 Å². The van der Waals surface area contributed by atoms with Crippen molar-refractivity contribution in [3.63, 3.8) is 0 Å². The van der Waals surface area contributed by atoms with Gasteiger partial charge >= 0.3 is 0 Å². The Morgan fingerprint density at radius 1 is 1.19 bits per heavy atom. The van der Waals surface area contributed by atoms with Gasteiger partial charge in [0.15, 0.2) is 17.3 Å². The summed E-state index contributed by atoms with van der Waals surface area (Å²) in [6, 6.07) is 14.0. The van der Waals surface area contributed by atoms with E-state index >= 15 is 0 Å². The third-order valence-corrected chi connectivity index (χ3v) is 3.91. The fourth-order valence-corrected chi connectivity index (χ4v) is 2.46. The van der Waals surface area contributed by atoms with Crippen molar-refractivity contribution in [2.24, 2.45) is 0 Å². The van der Waals surface area contributed by atoms with Crippen molar-refractivity contribution < 1.29 is 19.1 Å². The molecule has 1 heterocycles. The molecule has 0 unspecified atom stereocenters. The number of carbonyl (C=O) groups excluding carboxylic acids is 2. The molecule has 0 radical (unpaired) electrons. The van der Waals surface area contributed by atoms with E-state index in [0.717, 1.165) is 5.56 Å². The Morgan fingerprint density at radius 3 is 2.78 bits per heavy atom. The molecule has 0 atom stereocenters. The van der Waals surface area contributed by atoms with Crippen LogP contribution >= 0.6 is 0 Å². The Hall–Kier alpha value is -3.79. The zero-order valence-electron chi connectivity index (χ0n) is 14.6. The fourth-order valence-electron chi connectivity index (χ4n) is 2.46. The van der Waals surface area contributed by atoms with Crippen molar-refractivity contribution in [3.8, 4) is 17.6 Å². The SMILES string of the molecule is CC(=O)c1cccc(N/C=C(/C#N)C(=O)NCc2ccc3c(c2)OCO3)c1. The number of ether oxygens (including phenoxy) is 2. The van der Waals surface area contributed by atoms with Crippen molar-refractivity contribution in [2.75, 3.05) is 12.1 Å². The number of benzene rings is 2. The van der Waals surface area contributed by atoms with E-state index in [9.17, 15) is 14.9 Å². The third-order valence-electron chi connectivity index (χ3n) is 3.91.